The van der Waals surface area contributed by atoms with E-state index >= 15 is 0 Å². The van der Waals surface area contributed by atoms with E-state index in [1.54, 1.807) is 29.2 Å². The molecule has 1 aliphatic carbocycles. The van der Waals surface area contributed by atoms with Crippen molar-refractivity contribution in [2.75, 3.05) is 25.0 Å². The first-order valence-corrected chi connectivity index (χ1v) is 12.3. The summed E-state index contributed by atoms with van der Waals surface area (Å²) in [4.78, 5) is 27.8. The van der Waals surface area contributed by atoms with Gasteiger partial charge >= 0.3 is 0 Å². The third-order valence-corrected chi connectivity index (χ3v) is 6.31. The van der Waals surface area contributed by atoms with Gasteiger partial charge in [0.2, 0.25) is 5.91 Å². The van der Waals surface area contributed by atoms with Gasteiger partial charge in [0, 0.05) is 23.2 Å². The van der Waals surface area contributed by atoms with Crippen LogP contribution in [0.2, 0.25) is 5.02 Å². The van der Waals surface area contributed by atoms with E-state index in [0.29, 0.717) is 52.7 Å². The molecular formula is C26H27ClN4O4. The molecule has 2 heterocycles. The molecule has 3 aromatic rings. The van der Waals surface area contributed by atoms with Gasteiger partial charge in [0.15, 0.2) is 17.2 Å². The number of anilines is 1. The zero-order valence-electron chi connectivity index (χ0n) is 19.3. The van der Waals surface area contributed by atoms with Gasteiger partial charge in [-0.2, -0.15) is 5.10 Å². The van der Waals surface area contributed by atoms with Crippen molar-refractivity contribution < 1.29 is 19.1 Å². The fraction of sp³-hybridized carbons (Fsp3) is 0.346. The molecule has 1 aromatic heterocycles. The fourth-order valence-corrected chi connectivity index (χ4v) is 4.22. The number of carbonyl (C=O) groups is 2. The van der Waals surface area contributed by atoms with E-state index < -0.39 is 0 Å². The number of aromatic nitrogens is 2. The Kier molecular flexibility index (Phi) is 6.90. The fourth-order valence-electron chi connectivity index (χ4n) is 4.05. The first-order valence-electron chi connectivity index (χ1n) is 11.9. The molecule has 8 nitrogen and oxygen atoms in total. The molecule has 0 spiro atoms. The number of ether oxygens (including phenoxy) is 2. The molecule has 1 aliphatic heterocycles. The summed E-state index contributed by atoms with van der Waals surface area (Å²) in [5.41, 5.74) is 1.73. The van der Waals surface area contributed by atoms with Gasteiger partial charge in [0.1, 0.15) is 12.2 Å². The molecule has 1 fully saturated rings. The first kappa shape index (κ1) is 23.2. The van der Waals surface area contributed by atoms with Crippen LogP contribution in [0.4, 0.5) is 5.69 Å². The van der Waals surface area contributed by atoms with E-state index in [4.69, 9.17) is 21.1 Å². The maximum absolute atomic E-state index is 13.2. The van der Waals surface area contributed by atoms with Gasteiger partial charge in [-0.3, -0.25) is 14.7 Å². The number of fused-ring (bicyclic) bond motifs is 2. The Balaban J connectivity index is 1.39. The van der Waals surface area contributed by atoms with Crippen LogP contribution in [-0.2, 0) is 4.79 Å². The number of rotatable bonds is 2. The van der Waals surface area contributed by atoms with Crippen molar-refractivity contribution in [3.8, 4) is 17.2 Å². The Hall–Kier alpha value is -3.52. The van der Waals surface area contributed by atoms with E-state index in [1.807, 2.05) is 24.3 Å². The van der Waals surface area contributed by atoms with Gasteiger partial charge < -0.3 is 19.7 Å². The van der Waals surface area contributed by atoms with Crippen molar-refractivity contribution in [1.29, 1.82) is 0 Å². The molecule has 2 aliphatic rings. The van der Waals surface area contributed by atoms with Gasteiger partial charge in [-0.1, -0.05) is 23.7 Å². The van der Waals surface area contributed by atoms with Crippen LogP contribution in [0.5, 0.6) is 17.2 Å². The minimum Gasteiger partial charge on any atom is -0.490 e. The number of benzene rings is 2. The Labute approximate surface area is 208 Å². The van der Waals surface area contributed by atoms with Crippen LogP contribution in [0.1, 0.15) is 54.2 Å². The maximum Gasteiger partial charge on any atom is 0.274 e. The van der Waals surface area contributed by atoms with E-state index in [9.17, 15) is 9.59 Å². The summed E-state index contributed by atoms with van der Waals surface area (Å²) in [5.74, 6) is 1.44. The highest BCUT2D eigenvalue weighted by atomic mass is 35.5. The summed E-state index contributed by atoms with van der Waals surface area (Å²) in [6, 6.07) is 14.2. The van der Waals surface area contributed by atoms with Crippen molar-refractivity contribution >= 4 is 29.1 Å². The molecule has 2 amide bonds. The summed E-state index contributed by atoms with van der Waals surface area (Å²) in [5, 5.41) is 10.5. The number of carbonyl (C=O) groups excluding carboxylic acids is 2. The Morgan fingerprint density at radius 3 is 2.69 bits per heavy atom. The van der Waals surface area contributed by atoms with Crippen LogP contribution >= 0.6 is 11.6 Å². The lowest BCUT2D eigenvalue weighted by molar-refractivity contribution is -0.116. The molecule has 0 radical (unpaired) electrons. The predicted octanol–water partition coefficient (Wildman–Crippen LogP) is 5.38. The number of hydrogen-bond donors (Lipinski definition) is 2. The lowest BCUT2D eigenvalue weighted by atomic mass is 10.2. The smallest absolute Gasteiger partial charge is 0.274 e. The maximum atomic E-state index is 13.2. The zero-order valence-corrected chi connectivity index (χ0v) is 20.0. The van der Waals surface area contributed by atoms with Crippen molar-refractivity contribution in [2.45, 2.75) is 38.0 Å². The van der Waals surface area contributed by atoms with Crippen LogP contribution in [-0.4, -0.2) is 46.6 Å². The standard InChI is InChI=1S/C26H27ClN4O4/c27-18-10-11-22-20(14-18)28-25(32)16-31(26(33)21-15-19(29-30-21)17-8-9-17)12-4-1-5-13-34-23-6-2-3-7-24(23)35-22/h2-3,6-7,10-11,14-15,17H,1,4-5,8-9,12-13,16H2,(H,28,32)(H,29,30). The molecule has 2 N–H and O–H groups in total. The second kappa shape index (κ2) is 10.4. The normalized spacial score (nSPS) is 17.1. The monoisotopic (exact) mass is 494 g/mol. The Morgan fingerprint density at radius 2 is 1.86 bits per heavy atom. The zero-order chi connectivity index (χ0) is 24.2. The highest BCUT2D eigenvalue weighted by molar-refractivity contribution is 6.31. The van der Waals surface area contributed by atoms with Crippen molar-refractivity contribution in [3.05, 3.63) is 64.9 Å². The second-order valence-corrected chi connectivity index (χ2v) is 9.29. The number of halogens is 1. The van der Waals surface area contributed by atoms with Crippen molar-refractivity contribution in [3.63, 3.8) is 0 Å². The molecule has 5 rings (SSSR count). The molecule has 2 aromatic carbocycles. The van der Waals surface area contributed by atoms with Crippen LogP contribution in [0.3, 0.4) is 0 Å². The number of aromatic amines is 1. The summed E-state index contributed by atoms with van der Waals surface area (Å²) in [6.45, 7) is 0.847. The van der Waals surface area contributed by atoms with Crippen LogP contribution < -0.4 is 14.8 Å². The van der Waals surface area contributed by atoms with Crippen LogP contribution in [0.15, 0.2) is 48.5 Å². The summed E-state index contributed by atoms with van der Waals surface area (Å²) in [7, 11) is 0. The van der Waals surface area contributed by atoms with Crippen LogP contribution in [0, 0.1) is 0 Å². The number of nitrogens with zero attached hydrogens (tertiary/aromatic N) is 2. The SMILES string of the molecule is O=C1CN(C(=O)c2cc(C3CC3)[nH]n2)CCCCCOc2ccccc2Oc2ccc(Cl)cc2N1. The number of amides is 2. The van der Waals surface area contributed by atoms with E-state index in [2.05, 4.69) is 15.5 Å². The largest absolute Gasteiger partial charge is 0.490 e. The van der Waals surface area contributed by atoms with Gasteiger partial charge in [0.25, 0.3) is 5.91 Å². The van der Waals surface area contributed by atoms with Gasteiger partial charge in [-0.25, -0.2) is 0 Å². The molecular weight excluding hydrogens is 468 g/mol. The van der Waals surface area contributed by atoms with E-state index in [1.165, 1.54) is 0 Å². The van der Waals surface area contributed by atoms with Crippen molar-refractivity contribution in [2.24, 2.45) is 0 Å². The van der Waals surface area contributed by atoms with Crippen molar-refractivity contribution in [1.82, 2.24) is 15.1 Å². The van der Waals surface area contributed by atoms with E-state index in [-0.39, 0.29) is 18.4 Å². The lowest BCUT2D eigenvalue weighted by Gasteiger charge is -2.21. The van der Waals surface area contributed by atoms with E-state index in [0.717, 1.165) is 37.8 Å². The first-order chi connectivity index (χ1) is 17.1. The molecule has 9 heteroatoms. The Morgan fingerprint density at radius 1 is 1.03 bits per heavy atom. The molecule has 0 saturated heterocycles. The summed E-state index contributed by atoms with van der Waals surface area (Å²) in [6.07, 6.45) is 4.61. The number of para-hydroxylation sites is 2. The number of nitrogens with one attached hydrogen (secondary N) is 2. The number of hydrogen-bond acceptors (Lipinski definition) is 5. The third-order valence-electron chi connectivity index (χ3n) is 6.07. The average Bonchev–Trinajstić information content (AvgIpc) is 3.58. The van der Waals surface area contributed by atoms with Gasteiger partial charge in [0.05, 0.1) is 12.3 Å². The highest BCUT2D eigenvalue weighted by Gasteiger charge is 2.28. The minimum atomic E-state index is -0.345. The molecule has 1 saturated carbocycles. The van der Waals surface area contributed by atoms with Crippen LogP contribution in [0.25, 0.3) is 0 Å². The summed E-state index contributed by atoms with van der Waals surface area (Å²) < 4.78 is 12.1. The predicted molar refractivity (Wildman–Crippen MR) is 132 cm³/mol. The topological polar surface area (TPSA) is 96.6 Å². The molecule has 0 bridgehead atoms. The summed E-state index contributed by atoms with van der Waals surface area (Å²) >= 11 is 6.20. The highest BCUT2D eigenvalue weighted by Crippen LogP contribution is 2.39. The lowest BCUT2D eigenvalue weighted by Crippen LogP contribution is -2.39. The van der Waals surface area contributed by atoms with Gasteiger partial charge in [-0.15, -0.1) is 0 Å². The molecule has 35 heavy (non-hydrogen) atoms. The number of H-pyrrole nitrogens is 1. The average molecular weight is 495 g/mol. The quantitative estimate of drug-likeness (QED) is 0.498. The third kappa shape index (κ3) is 5.77. The molecule has 0 atom stereocenters. The Bertz CT molecular complexity index is 1220. The molecule has 0 unspecified atom stereocenters. The second-order valence-electron chi connectivity index (χ2n) is 8.86. The van der Waals surface area contributed by atoms with Gasteiger partial charge in [-0.05, 0) is 68.5 Å². The minimum absolute atomic E-state index is 0.108. The molecule has 182 valence electrons.